The van der Waals surface area contributed by atoms with Crippen molar-refractivity contribution in [2.24, 2.45) is 0 Å². The minimum atomic E-state index is -0.339. The second-order valence-electron chi connectivity index (χ2n) is 11.5. The van der Waals surface area contributed by atoms with Crippen LogP contribution in [-0.4, -0.2) is 50.2 Å². The maximum absolute atomic E-state index is 14.5. The lowest BCUT2D eigenvalue weighted by molar-refractivity contribution is 0.0600. The van der Waals surface area contributed by atoms with Gasteiger partial charge in [-0.05, 0) is 91.9 Å². The molecule has 1 aliphatic rings. The third-order valence-corrected chi connectivity index (χ3v) is 8.63. The lowest BCUT2D eigenvalue weighted by atomic mass is 9.93. The number of aryl methyl sites for hydroxylation is 2. The summed E-state index contributed by atoms with van der Waals surface area (Å²) in [6.07, 6.45) is 7.55. The molecule has 7 nitrogen and oxygen atoms in total. The summed E-state index contributed by atoms with van der Waals surface area (Å²) in [5, 5.41) is 3.77. The molecule has 3 aromatic carbocycles. The van der Waals surface area contributed by atoms with Crippen LogP contribution in [0.5, 0.6) is 11.6 Å². The van der Waals surface area contributed by atoms with Crippen LogP contribution in [0.2, 0.25) is 0 Å². The van der Waals surface area contributed by atoms with Crippen molar-refractivity contribution in [1.29, 1.82) is 0 Å². The molecule has 1 fully saturated rings. The van der Waals surface area contributed by atoms with Crippen LogP contribution in [0.1, 0.15) is 64.7 Å². The zero-order chi connectivity index (χ0) is 31.1. The molecule has 44 heavy (non-hydrogen) atoms. The van der Waals surface area contributed by atoms with E-state index in [1.807, 2.05) is 48.5 Å². The molecule has 5 rings (SSSR count). The molecule has 0 aliphatic heterocycles. The minimum absolute atomic E-state index is 0.326. The number of carbonyl (C=O) groups is 1. The van der Waals surface area contributed by atoms with Crippen molar-refractivity contribution in [2.45, 2.75) is 64.1 Å². The van der Waals surface area contributed by atoms with Crippen LogP contribution in [0, 0.1) is 5.82 Å². The Labute approximate surface area is 259 Å². The fourth-order valence-corrected chi connectivity index (χ4v) is 6.10. The van der Waals surface area contributed by atoms with Gasteiger partial charge < -0.3 is 19.5 Å². The van der Waals surface area contributed by atoms with Gasteiger partial charge in [-0.25, -0.2) is 14.2 Å². The van der Waals surface area contributed by atoms with Gasteiger partial charge in [0.15, 0.2) is 0 Å². The van der Waals surface area contributed by atoms with E-state index in [1.54, 1.807) is 14.2 Å². The first-order valence-electron chi connectivity index (χ1n) is 15.4. The SMILES string of the molecule is CNc1cc(F)cc2cc(CCc3ccc(C(=O)OC)cc3CN(C)C3CCCCC3)c(OCc3ccc(OC)cc3)nc12. The second-order valence-corrected chi connectivity index (χ2v) is 11.5. The first-order valence-corrected chi connectivity index (χ1v) is 15.4. The molecule has 1 N–H and O–H groups in total. The Morgan fingerprint density at radius 2 is 1.70 bits per heavy atom. The lowest BCUT2D eigenvalue weighted by Gasteiger charge is -2.31. The van der Waals surface area contributed by atoms with Gasteiger partial charge in [0, 0.05) is 30.6 Å². The molecule has 232 valence electrons. The van der Waals surface area contributed by atoms with E-state index >= 15 is 0 Å². The number of hydrogen-bond donors (Lipinski definition) is 1. The molecule has 4 aromatic rings. The number of benzene rings is 3. The van der Waals surface area contributed by atoms with Gasteiger partial charge in [-0.2, -0.15) is 0 Å². The minimum Gasteiger partial charge on any atom is -0.497 e. The van der Waals surface area contributed by atoms with Crippen molar-refractivity contribution in [3.05, 3.63) is 94.3 Å². The van der Waals surface area contributed by atoms with E-state index in [1.165, 1.54) is 51.3 Å². The predicted molar refractivity (Wildman–Crippen MR) is 172 cm³/mol. The molecule has 0 spiro atoms. The number of aromatic nitrogens is 1. The van der Waals surface area contributed by atoms with E-state index in [-0.39, 0.29) is 11.8 Å². The summed E-state index contributed by atoms with van der Waals surface area (Å²) in [6.45, 7) is 1.08. The highest BCUT2D eigenvalue weighted by atomic mass is 19.1. The highest BCUT2D eigenvalue weighted by Gasteiger charge is 2.21. The first-order chi connectivity index (χ1) is 21.4. The van der Waals surface area contributed by atoms with Crippen LogP contribution < -0.4 is 14.8 Å². The van der Waals surface area contributed by atoms with E-state index in [0.717, 1.165) is 34.5 Å². The average Bonchev–Trinajstić information content (AvgIpc) is 3.06. The van der Waals surface area contributed by atoms with Gasteiger partial charge >= 0.3 is 5.97 Å². The Bertz CT molecular complexity index is 1590. The van der Waals surface area contributed by atoms with Gasteiger partial charge in [0.1, 0.15) is 18.2 Å². The van der Waals surface area contributed by atoms with Crippen LogP contribution in [0.3, 0.4) is 0 Å². The average molecular weight is 600 g/mol. The third kappa shape index (κ3) is 7.48. The largest absolute Gasteiger partial charge is 0.497 e. The molecule has 0 unspecified atom stereocenters. The van der Waals surface area contributed by atoms with Crippen molar-refractivity contribution < 1.29 is 23.4 Å². The number of ether oxygens (including phenoxy) is 3. The van der Waals surface area contributed by atoms with Crippen molar-refractivity contribution in [2.75, 3.05) is 33.6 Å². The topological polar surface area (TPSA) is 72.9 Å². The number of halogens is 1. The van der Waals surface area contributed by atoms with Crippen LogP contribution in [0.4, 0.5) is 10.1 Å². The molecule has 0 radical (unpaired) electrons. The zero-order valence-corrected chi connectivity index (χ0v) is 26.1. The molecule has 0 bridgehead atoms. The molecule has 0 atom stereocenters. The van der Waals surface area contributed by atoms with E-state index in [2.05, 4.69) is 17.3 Å². The monoisotopic (exact) mass is 599 g/mol. The summed E-state index contributed by atoms with van der Waals surface area (Å²) in [5.41, 5.74) is 5.94. The Hall–Kier alpha value is -4.17. The normalized spacial score (nSPS) is 13.7. The van der Waals surface area contributed by atoms with E-state index in [4.69, 9.17) is 19.2 Å². The number of rotatable bonds is 12. The number of pyridine rings is 1. The van der Waals surface area contributed by atoms with E-state index in [0.29, 0.717) is 53.5 Å². The molecular formula is C36H42FN3O4. The standard InChI is InChI=1S/C36H42FN3O4/c1-38-33-21-30(37)20-28-18-26(35(39-34(28)33)44-23-24-10-16-32(42-3)17-11-24)14-12-25-13-15-27(36(41)43-4)19-29(25)22-40(2)31-8-6-5-7-9-31/h10-11,13,15-21,31,38H,5-9,12,14,22-23H2,1-4H3. The molecule has 1 heterocycles. The van der Waals surface area contributed by atoms with Crippen molar-refractivity contribution in [3.63, 3.8) is 0 Å². The maximum atomic E-state index is 14.5. The van der Waals surface area contributed by atoms with Gasteiger partial charge in [0.25, 0.3) is 0 Å². The van der Waals surface area contributed by atoms with Gasteiger partial charge in [0.2, 0.25) is 5.88 Å². The predicted octanol–water partition coefficient (Wildman–Crippen LogP) is 7.34. The molecule has 1 aromatic heterocycles. The Morgan fingerprint density at radius 3 is 2.41 bits per heavy atom. The number of hydrogen-bond acceptors (Lipinski definition) is 7. The van der Waals surface area contributed by atoms with Crippen molar-refractivity contribution >= 4 is 22.6 Å². The Balaban J connectivity index is 1.45. The third-order valence-electron chi connectivity index (χ3n) is 8.63. The Kier molecular flexibility index (Phi) is 10.3. The van der Waals surface area contributed by atoms with Crippen LogP contribution in [-0.2, 0) is 30.7 Å². The molecule has 1 saturated carbocycles. The number of nitrogens with one attached hydrogen (secondary N) is 1. The van der Waals surface area contributed by atoms with E-state index < -0.39 is 0 Å². The maximum Gasteiger partial charge on any atom is 0.337 e. The summed E-state index contributed by atoms with van der Waals surface area (Å²) in [7, 11) is 6.98. The summed E-state index contributed by atoms with van der Waals surface area (Å²) in [4.78, 5) is 19.7. The quantitative estimate of drug-likeness (QED) is 0.171. The van der Waals surface area contributed by atoms with Crippen LogP contribution >= 0.6 is 0 Å². The Morgan fingerprint density at radius 1 is 0.955 bits per heavy atom. The molecular weight excluding hydrogens is 557 g/mol. The smallest absolute Gasteiger partial charge is 0.337 e. The fraction of sp³-hybridized carbons (Fsp3) is 0.389. The number of methoxy groups -OCH3 is 2. The zero-order valence-electron chi connectivity index (χ0n) is 26.1. The fourth-order valence-electron chi connectivity index (χ4n) is 6.10. The highest BCUT2D eigenvalue weighted by molar-refractivity contribution is 5.91. The number of fused-ring (bicyclic) bond motifs is 1. The van der Waals surface area contributed by atoms with Gasteiger partial charge in [-0.15, -0.1) is 0 Å². The molecule has 8 heteroatoms. The first kappa shape index (κ1) is 31.3. The number of esters is 1. The summed E-state index contributed by atoms with van der Waals surface area (Å²) >= 11 is 0. The van der Waals surface area contributed by atoms with Crippen molar-refractivity contribution in [3.8, 4) is 11.6 Å². The number of nitrogens with zero attached hydrogens (tertiary/aromatic N) is 2. The van der Waals surface area contributed by atoms with Gasteiger partial charge in [0.05, 0.1) is 31.0 Å². The molecule has 0 saturated heterocycles. The number of anilines is 1. The van der Waals surface area contributed by atoms with Gasteiger partial charge in [-0.3, -0.25) is 4.90 Å². The molecule has 0 amide bonds. The lowest BCUT2D eigenvalue weighted by Crippen LogP contribution is -2.33. The van der Waals surface area contributed by atoms with Crippen LogP contribution in [0.15, 0.2) is 60.7 Å². The number of carbonyl (C=O) groups excluding carboxylic acids is 1. The summed E-state index contributed by atoms with van der Waals surface area (Å²) in [5.74, 6) is 0.631. The van der Waals surface area contributed by atoms with Gasteiger partial charge in [-0.1, -0.05) is 37.5 Å². The second kappa shape index (κ2) is 14.5. The summed E-state index contributed by atoms with van der Waals surface area (Å²) < 4.78 is 31.1. The summed E-state index contributed by atoms with van der Waals surface area (Å²) in [6, 6.07) is 19.0. The highest BCUT2D eigenvalue weighted by Crippen LogP contribution is 2.31. The van der Waals surface area contributed by atoms with E-state index in [9.17, 15) is 9.18 Å². The van der Waals surface area contributed by atoms with Crippen LogP contribution in [0.25, 0.3) is 10.9 Å². The molecule has 1 aliphatic carbocycles. The van der Waals surface area contributed by atoms with Crippen molar-refractivity contribution in [1.82, 2.24) is 9.88 Å².